The second-order valence-electron chi connectivity index (χ2n) is 2.80. The van der Waals surface area contributed by atoms with Crippen LogP contribution < -0.4 is 0 Å². The van der Waals surface area contributed by atoms with Gasteiger partial charge in [0.25, 0.3) is 0 Å². The number of carbonyl (C=O) groups excluding carboxylic acids is 2. The highest BCUT2D eigenvalue weighted by Crippen LogP contribution is 2.20. The van der Waals surface area contributed by atoms with Crippen molar-refractivity contribution in [3.8, 4) is 0 Å². The number of ether oxygens (including phenoxy) is 2. The molecule has 0 aliphatic carbocycles. The van der Waals surface area contributed by atoms with Gasteiger partial charge in [0.05, 0.1) is 14.2 Å². The molecule has 0 heterocycles. The molecule has 0 aromatic rings. The van der Waals surface area contributed by atoms with Gasteiger partial charge in [-0.3, -0.25) is 9.59 Å². The maximum Gasteiger partial charge on any atom is 0.318 e. The Morgan fingerprint density at radius 1 is 1.00 bits per heavy atom. The standard InChI is InChI=1S/C8H14O4S2/c1-4(5(13)7(9)11-2)6(14)8(10)12-3/h4-6,13-14H,1-3H3. The van der Waals surface area contributed by atoms with Crippen molar-refractivity contribution in [3.05, 3.63) is 0 Å². The lowest BCUT2D eigenvalue weighted by Crippen LogP contribution is -2.34. The Morgan fingerprint density at radius 2 is 1.29 bits per heavy atom. The van der Waals surface area contributed by atoms with E-state index in [1.165, 1.54) is 14.2 Å². The first-order chi connectivity index (χ1) is 6.45. The molecule has 0 bridgehead atoms. The Morgan fingerprint density at radius 3 is 1.50 bits per heavy atom. The van der Waals surface area contributed by atoms with Gasteiger partial charge >= 0.3 is 11.9 Å². The number of thiol groups is 2. The van der Waals surface area contributed by atoms with Crippen LogP contribution >= 0.6 is 25.3 Å². The first-order valence-corrected chi connectivity index (χ1v) is 5.00. The van der Waals surface area contributed by atoms with Crippen LogP contribution in [-0.4, -0.2) is 36.7 Å². The summed E-state index contributed by atoms with van der Waals surface area (Å²) in [6.45, 7) is 1.68. The molecule has 0 amide bonds. The zero-order valence-electron chi connectivity index (χ0n) is 8.26. The Balaban J connectivity index is 4.37. The van der Waals surface area contributed by atoms with Gasteiger partial charge in [0.2, 0.25) is 0 Å². The fraction of sp³-hybridized carbons (Fsp3) is 0.750. The lowest BCUT2D eigenvalue weighted by atomic mass is 10.0. The predicted octanol–water partition coefficient (Wildman–Crippen LogP) is 0.565. The average Bonchev–Trinajstić information content (AvgIpc) is 2.23. The Hall–Kier alpha value is -0.360. The molecule has 82 valence electrons. The Labute approximate surface area is 94.2 Å². The number of carbonyl (C=O) groups is 2. The first kappa shape index (κ1) is 13.6. The molecule has 14 heavy (non-hydrogen) atoms. The fourth-order valence-electron chi connectivity index (χ4n) is 0.843. The van der Waals surface area contributed by atoms with E-state index in [2.05, 4.69) is 34.7 Å². The topological polar surface area (TPSA) is 52.6 Å². The number of esters is 2. The van der Waals surface area contributed by atoms with E-state index in [1.54, 1.807) is 6.92 Å². The fourth-order valence-corrected chi connectivity index (χ4v) is 1.53. The van der Waals surface area contributed by atoms with Crippen molar-refractivity contribution in [2.24, 2.45) is 5.92 Å². The van der Waals surface area contributed by atoms with Gasteiger partial charge in [-0.1, -0.05) is 6.92 Å². The lowest BCUT2D eigenvalue weighted by Gasteiger charge is -2.20. The summed E-state index contributed by atoms with van der Waals surface area (Å²) < 4.78 is 8.99. The quantitative estimate of drug-likeness (QED) is 0.555. The van der Waals surface area contributed by atoms with Gasteiger partial charge in [-0.25, -0.2) is 0 Å². The molecule has 6 heteroatoms. The Bertz CT molecular complexity index is 197. The average molecular weight is 238 g/mol. The third-order valence-electron chi connectivity index (χ3n) is 1.88. The Kier molecular flexibility index (Phi) is 6.03. The van der Waals surface area contributed by atoms with Crippen LogP contribution in [0.5, 0.6) is 0 Å². The van der Waals surface area contributed by atoms with Crippen LogP contribution in [0.1, 0.15) is 6.92 Å². The molecule has 0 aromatic carbocycles. The summed E-state index contributed by atoms with van der Waals surface area (Å²) in [5, 5.41) is -1.36. The molecule has 0 saturated heterocycles. The van der Waals surface area contributed by atoms with Crippen molar-refractivity contribution < 1.29 is 19.1 Å². The number of hydrogen-bond acceptors (Lipinski definition) is 6. The van der Waals surface area contributed by atoms with Crippen LogP contribution in [0.2, 0.25) is 0 Å². The molecule has 0 radical (unpaired) electrons. The van der Waals surface area contributed by atoms with E-state index in [-0.39, 0.29) is 5.92 Å². The molecule has 0 rings (SSSR count). The van der Waals surface area contributed by atoms with Gasteiger partial charge in [-0.05, 0) is 0 Å². The number of methoxy groups -OCH3 is 2. The summed E-state index contributed by atoms with van der Waals surface area (Å²) in [4.78, 5) is 22.2. The normalized spacial score (nSPS) is 16.6. The van der Waals surface area contributed by atoms with Crippen molar-refractivity contribution in [1.29, 1.82) is 0 Å². The van der Waals surface area contributed by atoms with Crippen molar-refractivity contribution in [2.45, 2.75) is 17.4 Å². The summed E-state index contributed by atoms with van der Waals surface area (Å²) in [7, 11) is 2.54. The van der Waals surface area contributed by atoms with E-state index in [1.807, 2.05) is 0 Å². The molecular formula is C8H14O4S2. The van der Waals surface area contributed by atoms with Crippen LogP contribution in [0, 0.1) is 5.92 Å². The molecule has 0 spiro atoms. The minimum Gasteiger partial charge on any atom is -0.468 e. The van der Waals surface area contributed by atoms with Crippen molar-refractivity contribution >= 4 is 37.2 Å². The van der Waals surface area contributed by atoms with Gasteiger partial charge < -0.3 is 9.47 Å². The number of rotatable bonds is 4. The van der Waals surface area contributed by atoms with E-state index >= 15 is 0 Å². The van der Waals surface area contributed by atoms with Crippen LogP contribution in [0.4, 0.5) is 0 Å². The SMILES string of the molecule is COC(=O)C(S)C(C)C(S)C(=O)OC. The molecule has 0 aromatic heterocycles. The second-order valence-corrected chi connectivity index (χ2v) is 3.91. The zero-order valence-corrected chi connectivity index (χ0v) is 10.0. The zero-order chi connectivity index (χ0) is 11.3. The summed E-state index contributed by atoms with van der Waals surface area (Å²) in [5.74, 6) is -1.32. The van der Waals surface area contributed by atoms with Crippen LogP contribution in [-0.2, 0) is 19.1 Å². The lowest BCUT2D eigenvalue weighted by molar-refractivity contribution is -0.143. The molecule has 0 aliphatic heterocycles. The summed E-state index contributed by atoms with van der Waals surface area (Å²) in [6, 6.07) is 0. The minimum atomic E-state index is -0.679. The van der Waals surface area contributed by atoms with E-state index < -0.39 is 22.4 Å². The minimum absolute atomic E-state index is 0.360. The van der Waals surface area contributed by atoms with Crippen molar-refractivity contribution in [2.75, 3.05) is 14.2 Å². The van der Waals surface area contributed by atoms with Crippen molar-refractivity contribution in [3.63, 3.8) is 0 Å². The highest BCUT2D eigenvalue weighted by atomic mass is 32.1. The molecule has 0 saturated carbocycles. The maximum absolute atomic E-state index is 11.1. The number of hydrogen-bond donors (Lipinski definition) is 2. The third-order valence-corrected chi connectivity index (χ3v) is 3.24. The van der Waals surface area contributed by atoms with Gasteiger partial charge in [0.1, 0.15) is 10.5 Å². The molecule has 2 atom stereocenters. The van der Waals surface area contributed by atoms with E-state index in [9.17, 15) is 9.59 Å². The largest absolute Gasteiger partial charge is 0.468 e. The van der Waals surface area contributed by atoms with Gasteiger partial charge in [0.15, 0.2) is 0 Å². The van der Waals surface area contributed by atoms with Gasteiger partial charge in [0, 0.05) is 5.92 Å². The summed E-state index contributed by atoms with van der Waals surface area (Å²) in [5.41, 5.74) is 0. The van der Waals surface area contributed by atoms with Crippen LogP contribution in [0.15, 0.2) is 0 Å². The molecule has 0 N–H and O–H groups in total. The molecular weight excluding hydrogens is 224 g/mol. The van der Waals surface area contributed by atoms with Crippen LogP contribution in [0.3, 0.4) is 0 Å². The maximum atomic E-state index is 11.1. The third kappa shape index (κ3) is 3.42. The van der Waals surface area contributed by atoms with E-state index in [4.69, 9.17) is 0 Å². The highest BCUT2D eigenvalue weighted by Gasteiger charge is 2.31. The first-order valence-electron chi connectivity index (χ1n) is 3.97. The second kappa shape index (κ2) is 6.19. The monoisotopic (exact) mass is 238 g/mol. The molecule has 0 fully saturated rings. The van der Waals surface area contributed by atoms with Gasteiger partial charge in [-0.2, -0.15) is 25.3 Å². The molecule has 2 unspecified atom stereocenters. The summed E-state index contributed by atoms with van der Waals surface area (Å²) in [6.07, 6.45) is 0. The van der Waals surface area contributed by atoms with E-state index in [0.717, 1.165) is 0 Å². The van der Waals surface area contributed by atoms with Crippen LogP contribution in [0.25, 0.3) is 0 Å². The van der Waals surface area contributed by atoms with Gasteiger partial charge in [-0.15, -0.1) is 0 Å². The van der Waals surface area contributed by atoms with Crippen molar-refractivity contribution in [1.82, 2.24) is 0 Å². The highest BCUT2D eigenvalue weighted by molar-refractivity contribution is 7.82. The summed E-state index contributed by atoms with van der Waals surface area (Å²) >= 11 is 8.08. The smallest absolute Gasteiger partial charge is 0.318 e. The van der Waals surface area contributed by atoms with E-state index in [0.29, 0.717) is 0 Å². The molecule has 4 nitrogen and oxygen atoms in total. The predicted molar refractivity (Wildman–Crippen MR) is 58.7 cm³/mol. The molecule has 0 aliphatic rings.